The molecule has 1 spiro atoms. The van der Waals surface area contributed by atoms with Crippen molar-refractivity contribution in [2.45, 2.75) is 71.6 Å². The average Bonchev–Trinajstić information content (AvgIpc) is 2.55. The van der Waals surface area contributed by atoms with Crippen LogP contribution in [0.15, 0.2) is 0 Å². The Morgan fingerprint density at radius 1 is 0.810 bits per heavy atom. The van der Waals surface area contributed by atoms with Gasteiger partial charge in [0.2, 0.25) is 0 Å². The topological polar surface area (TPSA) is 6.48 Å². The first-order chi connectivity index (χ1) is 10.3. The summed E-state index contributed by atoms with van der Waals surface area (Å²) in [5.74, 6) is 0.983. The van der Waals surface area contributed by atoms with Crippen LogP contribution in [0.25, 0.3) is 0 Å². The molecule has 0 aromatic heterocycles. The summed E-state index contributed by atoms with van der Waals surface area (Å²) in [4.78, 5) is 5.28. The van der Waals surface area contributed by atoms with E-state index in [1.165, 1.54) is 90.5 Å². The van der Waals surface area contributed by atoms with Gasteiger partial charge in [-0.1, -0.05) is 33.1 Å². The fraction of sp³-hybridized carbons (Fsp3) is 1.00. The molecule has 3 aliphatic rings. The molecule has 1 saturated carbocycles. The maximum Gasteiger partial charge on any atom is 0.00106 e. The van der Waals surface area contributed by atoms with Gasteiger partial charge in [0.15, 0.2) is 0 Å². The van der Waals surface area contributed by atoms with Crippen LogP contribution in [0, 0.1) is 11.3 Å². The molecule has 0 aromatic rings. The van der Waals surface area contributed by atoms with Crippen LogP contribution in [0.3, 0.4) is 0 Å². The SMILES string of the molecule is CC.CN1CCC(CN2CCC3(CCCCC3)CC2)CC1. The smallest absolute Gasteiger partial charge is 0.00106 e. The van der Waals surface area contributed by atoms with E-state index in [9.17, 15) is 0 Å². The molecule has 124 valence electrons. The minimum Gasteiger partial charge on any atom is -0.306 e. The highest BCUT2D eigenvalue weighted by atomic mass is 15.1. The number of hydrogen-bond acceptors (Lipinski definition) is 2. The first-order valence-electron chi connectivity index (χ1n) is 9.67. The molecule has 0 amide bonds. The monoisotopic (exact) mass is 294 g/mol. The summed E-state index contributed by atoms with van der Waals surface area (Å²) in [6.45, 7) is 10.8. The Morgan fingerprint density at radius 3 is 1.95 bits per heavy atom. The van der Waals surface area contributed by atoms with Crippen LogP contribution < -0.4 is 0 Å². The average molecular weight is 295 g/mol. The molecular weight excluding hydrogens is 256 g/mol. The van der Waals surface area contributed by atoms with E-state index in [1.54, 1.807) is 0 Å². The molecule has 2 heteroatoms. The summed E-state index contributed by atoms with van der Waals surface area (Å²) >= 11 is 0. The molecule has 2 nitrogen and oxygen atoms in total. The lowest BCUT2D eigenvalue weighted by molar-refractivity contribution is 0.0527. The first kappa shape index (κ1) is 17.3. The molecule has 2 saturated heterocycles. The molecule has 0 aromatic carbocycles. The van der Waals surface area contributed by atoms with Crippen molar-refractivity contribution in [2.75, 3.05) is 39.8 Å². The van der Waals surface area contributed by atoms with Crippen molar-refractivity contribution in [3.63, 3.8) is 0 Å². The molecule has 0 bridgehead atoms. The predicted octanol–water partition coefficient (Wildman–Crippen LogP) is 4.40. The van der Waals surface area contributed by atoms with Crippen LogP contribution in [0.1, 0.15) is 71.6 Å². The minimum absolute atomic E-state index is 0.779. The minimum atomic E-state index is 0.779. The predicted molar refractivity (Wildman–Crippen MR) is 92.8 cm³/mol. The second kappa shape index (κ2) is 8.53. The molecule has 0 N–H and O–H groups in total. The Balaban J connectivity index is 0.000000774. The van der Waals surface area contributed by atoms with Gasteiger partial charge in [-0.05, 0) is 83.1 Å². The number of likely N-dealkylation sites (tertiary alicyclic amines) is 2. The first-order valence-corrected chi connectivity index (χ1v) is 9.67. The van der Waals surface area contributed by atoms with Gasteiger partial charge >= 0.3 is 0 Å². The van der Waals surface area contributed by atoms with Crippen molar-refractivity contribution in [3.05, 3.63) is 0 Å². The number of piperidine rings is 2. The van der Waals surface area contributed by atoms with Gasteiger partial charge in [0, 0.05) is 6.54 Å². The summed E-state index contributed by atoms with van der Waals surface area (Å²) in [6, 6.07) is 0. The molecule has 2 heterocycles. The number of nitrogens with zero attached hydrogens (tertiary/aromatic N) is 2. The molecule has 0 unspecified atom stereocenters. The zero-order valence-electron chi connectivity index (χ0n) is 14.9. The highest BCUT2D eigenvalue weighted by Crippen LogP contribution is 2.44. The van der Waals surface area contributed by atoms with Gasteiger partial charge in [-0.2, -0.15) is 0 Å². The van der Waals surface area contributed by atoms with E-state index in [-0.39, 0.29) is 0 Å². The highest BCUT2D eigenvalue weighted by Gasteiger charge is 2.35. The Kier molecular flexibility index (Phi) is 7.01. The Hall–Kier alpha value is -0.0800. The molecule has 3 fully saturated rings. The summed E-state index contributed by atoms with van der Waals surface area (Å²) < 4.78 is 0. The number of rotatable bonds is 2. The standard InChI is InChI=1S/C17H32N2.C2H6/c1-18-11-5-16(6-12-18)15-19-13-9-17(10-14-19)7-3-2-4-8-17;1-2/h16H,2-15H2,1H3;1-2H3. The zero-order valence-corrected chi connectivity index (χ0v) is 14.9. The van der Waals surface area contributed by atoms with Crippen LogP contribution in [-0.4, -0.2) is 49.6 Å². The summed E-state index contributed by atoms with van der Waals surface area (Å²) in [5.41, 5.74) is 0.779. The van der Waals surface area contributed by atoms with Gasteiger partial charge < -0.3 is 9.80 Å². The van der Waals surface area contributed by atoms with Gasteiger partial charge in [0.05, 0.1) is 0 Å². The Labute approximate surface area is 133 Å². The van der Waals surface area contributed by atoms with E-state index in [4.69, 9.17) is 0 Å². The molecule has 0 atom stereocenters. The summed E-state index contributed by atoms with van der Waals surface area (Å²) in [5, 5.41) is 0. The van der Waals surface area contributed by atoms with Crippen molar-refractivity contribution >= 4 is 0 Å². The zero-order chi connectivity index (χ0) is 15.1. The molecular formula is C19H38N2. The van der Waals surface area contributed by atoms with Crippen molar-refractivity contribution in [1.29, 1.82) is 0 Å². The van der Waals surface area contributed by atoms with Crippen LogP contribution in [-0.2, 0) is 0 Å². The molecule has 3 rings (SSSR count). The van der Waals surface area contributed by atoms with Crippen LogP contribution in [0.4, 0.5) is 0 Å². The maximum absolute atomic E-state index is 2.79. The fourth-order valence-electron chi connectivity index (χ4n) is 4.62. The third-order valence-electron chi connectivity index (χ3n) is 6.19. The maximum atomic E-state index is 2.79. The molecule has 2 aliphatic heterocycles. The van der Waals surface area contributed by atoms with Crippen LogP contribution in [0.5, 0.6) is 0 Å². The van der Waals surface area contributed by atoms with Gasteiger partial charge in [-0.25, -0.2) is 0 Å². The Morgan fingerprint density at radius 2 is 1.38 bits per heavy atom. The summed E-state index contributed by atoms with van der Waals surface area (Å²) in [6.07, 6.45) is 13.4. The van der Waals surface area contributed by atoms with Gasteiger partial charge in [-0.3, -0.25) is 0 Å². The van der Waals surface area contributed by atoms with E-state index in [0.717, 1.165) is 11.3 Å². The van der Waals surface area contributed by atoms with Crippen molar-refractivity contribution < 1.29 is 0 Å². The summed E-state index contributed by atoms with van der Waals surface area (Å²) in [7, 11) is 2.27. The van der Waals surface area contributed by atoms with E-state index in [1.807, 2.05) is 13.8 Å². The van der Waals surface area contributed by atoms with E-state index >= 15 is 0 Å². The van der Waals surface area contributed by atoms with Crippen molar-refractivity contribution in [1.82, 2.24) is 9.80 Å². The van der Waals surface area contributed by atoms with Crippen molar-refractivity contribution in [2.24, 2.45) is 11.3 Å². The van der Waals surface area contributed by atoms with Gasteiger partial charge in [-0.15, -0.1) is 0 Å². The van der Waals surface area contributed by atoms with Crippen LogP contribution >= 0.6 is 0 Å². The van der Waals surface area contributed by atoms with Gasteiger partial charge in [0.1, 0.15) is 0 Å². The highest BCUT2D eigenvalue weighted by molar-refractivity contribution is 4.89. The lowest BCUT2D eigenvalue weighted by atomic mass is 9.68. The Bertz CT molecular complexity index is 265. The molecule has 0 radical (unpaired) electrons. The van der Waals surface area contributed by atoms with Crippen molar-refractivity contribution in [3.8, 4) is 0 Å². The third kappa shape index (κ3) is 4.96. The van der Waals surface area contributed by atoms with E-state index < -0.39 is 0 Å². The molecule has 21 heavy (non-hydrogen) atoms. The second-order valence-corrected chi connectivity index (χ2v) is 7.61. The third-order valence-corrected chi connectivity index (χ3v) is 6.19. The molecule has 1 aliphatic carbocycles. The second-order valence-electron chi connectivity index (χ2n) is 7.61. The quantitative estimate of drug-likeness (QED) is 0.745. The fourth-order valence-corrected chi connectivity index (χ4v) is 4.62. The largest absolute Gasteiger partial charge is 0.306 e. The lowest BCUT2D eigenvalue weighted by Crippen LogP contribution is -2.44. The lowest BCUT2D eigenvalue weighted by Gasteiger charge is -2.45. The van der Waals surface area contributed by atoms with E-state index in [0.29, 0.717) is 0 Å². The van der Waals surface area contributed by atoms with E-state index in [2.05, 4.69) is 16.8 Å². The van der Waals surface area contributed by atoms with Gasteiger partial charge in [0.25, 0.3) is 0 Å². The normalized spacial score (nSPS) is 28.1. The van der Waals surface area contributed by atoms with Crippen LogP contribution in [0.2, 0.25) is 0 Å². The number of hydrogen-bond donors (Lipinski definition) is 0.